The minimum atomic E-state index is 0.148. The quantitative estimate of drug-likeness (QED) is 0.722. The van der Waals surface area contributed by atoms with Crippen molar-refractivity contribution in [3.63, 3.8) is 0 Å². The summed E-state index contributed by atoms with van der Waals surface area (Å²) >= 11 is 0. The Kier molecular flexibility index (Phi) is 7.28. The molecular formula is C14H29N3O. The highest BCUT2D eigenvalue weighted by Gasteiger charge is 2.24. The number of amides is 1. The maximum Gasteiger partial charge on any atom is 0.223 e. The van der Waals surface area contributed by atoms with Crippen LogP contribution < -0.4 is 11.1 Å². The molecule has 0 aromatic heterocycles. The minimum Gasteiger partial charge on any atom is -0.355 e. The van der Waals surface area contributed by atoms with Crippen molar-refractivity contribution in [2.45, 2.75) is 51.5 Å². The molecule has 0 aromatic rings. The van der Waals surface area contributed by atoms with Gasteiger partial charge in [0.15, 0.2) is 0 Å². The maximum atomic E-state index is 12.0. The van der Waals surface area contributed by atoms with Crippen LogP contribution in [0.4, 0.5) is 0 Å². The van der Waals surface area contributed by atoms with Gasteiger partial charge in [0.1, 0.15) is 0 Å². The third-order valence-electron chi connectivity index (χ3n) is 3.77. The number of nitrogens with two attached hydrogens (primary N) is 1. The second kappa shape index (κ2) is 8.48. The molecule has 106 valence electrons. The highest BCUT2D eigenvalue weighted by Crippen LogP contribution is 2.22. The number of unbranched alkanes of at least 4 members (excludes halogenated alkanes) is 1. The van der Waals surface area contributed by atoms with Crippen LogP contribution in [0.5, 0.6) is 0 Å². The summed E-state index contributed by atoms with van der Waals surface area (Å²) in [5, 5.41) is 3.04. The van der Waals surface area contributed by atoms with E-state index >= 15 is 0 Å². The SMILES string of the molecule is CCCCN(C)CCNC(=O)C1CCCC(N)C1. The van der Waals surface area contributed by atoms with Gasteiger partial charge in [-0.1, -0.05) is 19.8 Å². The summed E-state index contributed by atoms with van der Waals surface area (Å²) in [6, 6.07) is 0.224. The lowest BCUT2D eigenvalue weighted by Crippen LogP contribution is -2.40. The van der Waals surface area contributed by atoms with Crippen LogP contribution in [0.25, 0.3) is 0 Å². The van der Waals surface area contributed by atoms with E-state index in [0.717, 1.165) is 45.3 Å². The Labute approximate surface area is 111 Å². The molecule has 1 rings (SSSR count). The number of carbonyl (C=O) groups excluding carboxylic acids is 1. The third-order valence-corrected chi connectivity index (χ3v) is 3.77. The predicted octanol–water partition coefficient (Wildman–Crippen LogP) is 1.35. The van der Waals surface area contributed by atoms with Gasteiger partial charge in [-0.15, -0.1) is 0 Å². The van der Waals surface area contributed by atoms with Gasteiger partial charge < -0.3 is 16.0 Å². The largest absolute Gasteiger partial charge is 0.355 e. The Morgan fingerprint density at radius 1 is 1.39 bits per heavy atom. The monoisotopic (exact) mass is 255 g/mol. The Hall–Kier alpha value is -0.610. The predicted molar refractivity (Wildman–Crippen MR) is 75.3 cm³/mol. The zero-order chi connectivity index (χ0) is 13.4. The van der Waals surface area contributed by atoms with E-state index in [4.69, 9.17) is 5.73 Å². The molecule has 0 aliphatic heterocycles. The molecule has 0 bridgehead atoms. The van der Waals surface area contributed by atoms with Crippen LogP contribution in [0.2, 0.25) is 0 Å². The van der Waals surface area contributed by atoms with Crippen LogP contribution in [-0.4, -0.2) is 43.5 Å². The Balaban J connectivity index is 2.12. The van der Waals surface area contributed by atoms with E-state index in [1.807, 2.05) is 0 Å². The Morgan fingerprint density at radius 2 is 2.17 bits per heavy atom. The molecule has 18 heavy (non-hydrogen) atoms. The van der Waals surface area contributed by atoms with Crippen molar-refractivity contribution in [3.8, 4) is 0 Å². The lowest BCUT2D eigenvalue weighted by molar-refractivity contribution is -0.126. The van der Waals surface area contributed by atoms with Crippen LogP contribution in [0.15, 0.2) is 0 Å². The summed E-state index contributed by atoms with van der Waals surface area (Å²) in [5.74, 6) is 0.351. The average Bonchev–Trinajstić information content (AvgIpc) is 2.36. The molecule has 4 nitrogen and oxygen atoms in total. The standard InChI is InChI=1S/C14H29N3O/c1-3-4-9-17(2)10-8-16-14(18)12-6-5-7-13(15)11-12/h12-13H,3-11,15H2,1-2H3,(H,16,18). The summed E-state index contributed by atoms with van der Waals surface area (Å²) < 4.78 is 0. The van der Waals surface area contributed by atoms with E-state index in [1.54, 1.807) is 0 Å². The van der Waals surface area contributed by atoms with Crippen molar-refractivity contribution in [3.05, 3.63) is 0 Å². The summed E-state index contributed by atoms with van der Waals surface area (Å²) in [5.41, 5.74) is 5.91. The number of likely N-dealkylation sites (N-methyl/N-ethyl adjacent to an activating group) is 1. The van der Waals surface area contributed by atoms with E-state index in [-0.39, 0.29) is 17.9 Å². The molecule has 0 heterocycles. The highest BCUT2D eigenvalue weighted by molar-refractivity contribution is 5.78. The molecule has 2 atom stereocenters. The number of hydrogen-bond acceptors (Lipinski definition) is 3. The van der Waals surface area contributed by atoms with Crippen molar-refractivity contribution in [1.29, 1.82) is 0 Å². The van der Waals surface area contributed by atoms with Gasteiger partial charge >= 0.3 is 0 Å². The highest BCUT2D eigenvalue weighted by atomic mass is 16.1. The Bertz CT molecular complexity index is 245. The van der Waals surface area contributed by atoms with Crippen LogP contribution in [0, 0.1) is 5.92 Å². The van der Waals surface area contributed by atoms with Gasteiger partial charge in [0, 0.05) is 25.0 Å². The molecule has 0 radical (unpaired) electrons. The van der Waals surface area contributed by atoms with Gasteiger partial charge in [0.25, 0.3) is 0 Å². The molecule has 1 amide bonds. The van der Waals surface area contributed by atoms with Gasteiger partial charge in [-0.05, 0) is 39.3 Å². The average molecular weight is 255 g/mol. The van der Waals surface area contributed by atoms with E-state index in [1.165, 1.54) is 12.8 Å². The van der Waals surface area contributed by atoms with E-state index in [2.05, 4.69) is 24.2 Å². The summed E-state index contributed by atoms with van der Waals surface area (Å²) in [6.45, 7) is 5.00. The van der Waals surface area contributed by atoms with Crippen molar-refractivity contribution in [2.75, 3.05) is 26.7 Å². The first-order valence-corrected chi connectivity index (χ1v) is 7.35. The van der Waals surface area contributed by atoms with Crippen molar-refractivity contribution in [1.82, 2.24) is 10.2 Å². The van der Waals surface area contributed by atoms with Gasteiger partial charge in [-0.3, -0.25) is 4.79 Å². The van der Waals surface area contributed by atoms with E-state index in [0.29, 0.717) is 0 Å². The first kappa shape index (κ1) is 15.4. The van der Waals surface area contributed by atoms with Gasteiger partial charge in [-0.25, -0.2) is 0 Å². The topological polar surface area (TPSA) is 58.4 Å². The second-order valence-electron chi connectivity index (χ2n) is 5.57. The molecule has 4 heteroatoms. The fourth-order valence-corrected chi connectivity index (χ4v) is 2.52. The number of hydrogen-bond donors (Lipinski definition) is 2. The lowest BCUT2D eigenvalue weighted by atomic mass is 9.85. The van der Waals surface area contributed by atoms with Crippen LogP contribution in [-0.2, 0) is 4.79 Å². The molecule has 2 unspecified atom stereocenters. The van der Waals surface area contributed by atoms with Crippen LogP contribution in [0.3, 0.4) is 0 Å². The number of rotatable bonds is 7. The number of carbonyl (C=O) groups is 1. The molecular weight excluding hydrogens is 226 g/mol. The van der Waals surface area contributed by atoms with E-state index in [9.17, 15) is 4.79 Å². The summed E-state index contributed by atoms with van der Waals surface area (Å²) in [7, 11) is 2.11. The Morgan fingerprint density at radius 3 is 2.83 bits per heavy atom. The van der Waals surface area contributed by atoms with Crippen molar-refractivity contribution < 1.29 is 4.79 Å². The van der Waals surface area contributed by atoms with E-state index < -0.39 is 0 Å². The summed E-state index contributed by atoms with van der Waals surface area (Å²) in [4.78, 5) is 14.2. The van der Waals surface area contributed by atoms with Crippen LogP contribution >= 0.6 is 0 Å². The zero-order valence-corrected chi connectivity index (χ0v) is 12.0. The van der Waals surface area contributed by atoms with Gasteiger partial charge in [-0.2, -0.15) is 0 Å². The van der Waals surface area contributed by atoms with Crippen molar-refractivity contribution in [2.24, 2.45) is 11.7 Å². The fraction of sp³-hybridized carbons (Fsp3) is 0.929. The summed E-state index contributed by atoms with van der Waals surface area (Å²) in [6.07, 6.45) is 6.47. The second-order valence-corrected chi connectivity index (χ2v) is 5.57. The molecule has 3 N–H and O–H groups in total. The first-order valence-electron chi connectivity index (χ1n) is 7.35. The molecule has 1 aliphatic rings. The maximum absolute atomic E-state index is 12.0. The molecule has 1 saturated carbocycles. The number of nitrogens with one attached hydrogen (secondary N) is 1. The molecule has 1 aliphatic carbocycles. The lowest BCUT2D eigenvalue weighted by Gasteiger charge is -2.26. The molecule has 0 spiro atoms. The van der Waals surface area contributed by atoms with Crippen molar-refractivity contribution >= 4 is 5.91 Å². The normalized spacial score (nSPS) is 24.2. The number of nitrogens with zero attached hydrogens (tertiary/aromatic N) is 1. The van der Waals surface area contributed by atoms with Crippen LogP contribution in [0.1, 0.15) is 45.4 Å². The molecule has 0 aromatic carbocycles. The fourth-order valence-electron chi connectivity index (χ4n) is 2.52. The first-order chi connectivity index (χ1) is 8.63. The third kappa shape index (κ3) is 5.83. The minimum absolute atomic E-state index is 0.148. The van der Waals surface area contributed by atoms with Gasteiger partial charge in [0.2, 0.25) is 5.91 Å². The zero-order valence-electron chi connectivity index (χ0n) is 12.0. The smallest absolute Gasteiger partial charge is 0.223 e. The van der Waals surface area contributed by atoms with Gasteiger partial charge in [0.05, 0.1) is 0 Å². The molecule has 1 fully saturated rings. The molecule has 0 saturated heterocycles.